The highest BCUT2D eigenvalue weighted by molar-refractivity contribution is 7.89. The van der Waals surface area contributed by atoms with Crippen LogP contribution in [0.2, 0.25) is 0 Å². The predicted octanol–water partition coefficient (Wildman–Crippen LogP) is 1.72. The fraction of sp³-hybridized carbons (Fsp3) is 0.462. The predicted molar refractivity (Wildman–Crippen MR) is 74.4 cm³/mol. The Morgan fingerprint density at radius 2 is 1.80 bits per heavy atom. The number of hydrogen-bond acceptors (Lipinski definition) is 4. The van der Waals surface area contributed by atoms with Crippen LogP contribution in [-0.2, 0) is 10.0 Å². The number of aromatic hydroxyl groups is 1. The molecule has 1 atom stereocenters. The van der Waals surface area contributed by atoms with Crippen molar-refractivity contribution in [1.82, 2.24) is 4.72 Å². The number of carbonyl (C=O) groups is 1. The average Bonchev–Trinajstić information content (AvgIpc) is 2.26. The molecule has 0 heterocycles. The number of carboxylic acid groups (broad SMARTS) is 1. The zero-order chi connectivity index (χ0) is 15.7. The Balaban J connectivity index is 3.32. The number of sulfonamides is 1. The van der Waals surface area contributed by atoms with E-state index in [0.717, 1.165) is 12.1 Å². The first-order valence-corrected chi connectivity index (χ1v) is 7.63. The van der Waals surface area contributed by atoms with Gasteiger partial charge in [-0.3, -0.25) is 0 Å². The van der Waals surface area contributed by atoms with Gasteiger partial charge in [-0.05, 0) is 37.5 Å². The summed E-state index contributed by atoms with van der Waals surface area (Å²) < 4.78 is 27.0. The van der Waals surface area contributed by atoms with Gasteiger partial charge in [0, 0.05) is 6.04 Å². The van der Waals surface area contributed by atoms with Crippen LogP contribution >= 0.6 is 0 Å². The molecular weight excluding hydrogens is 282 g/mol. The van der Waals surface area contributed by atoms with E-state index in [4.69, 9.17) is 5.11 Å². The molecular formula is C13H19NO5S. The minimum atomic E-state index is -3.83. The summed E-state index contributed by atoms with van der Waals surface area (Å²) in [6.45, 7) is 6.98. The molecule has 0 radical (unpaired) electrons. The van der Waals surface area contributed by atoms with Gasteiger partial charge in [0.15, 0.2) is 0 Å². The molecule has 7 heteroatoms. The van der Waals surface area contributed by atoms with E-state index >= 15 is 0 Å². The maximum absolute atomic E-state index is 12.3. The zero-order valence-electron chi connectivity index (χ0n) is 11.8. The van der Waals surface area contributed by atoms with Crippen LogP contribution in [0.1, 0.15) is 36.7 Å². The smallest absolute Gasteiger partial charge is 0.339 e. The first-order chi connectivity index (χ1) is 9.06. The third-order valence-corrected chi connectivity index (χ3v) is 4.86. The van der Waals surface area contributed by atoms with Gasteiger partial charge in [0.2, 0.25) is 10.0 Å². The van der Waals surface area contributed by atoms with Crippen LogP contribution < -0.4 is 4.72 Å². The van der Waals surface area contributed by atoms with E-state index < -0.39 is 27.3 Å². The fourth-order valence-corrected chi connectivity index (χ4v) is 3.22. The van der Waals surface area contributed by atoms with E-state index in [9.17, 15) is 18.3 Å². The summed E-state index contributed by atoms with van der Waals surface area (Å²) in [4.78, 5) is 10.8. The van der Waals surface area contributed by atoms with Crippen LogP contribution in [0.3, 0.4) is 0 Å². The van der Waals surface area contributed by atoms with Crippen molar-refractivity contribution in [3.63, 3.8) is 0 Å². The van der Waals surface area contributed by atoms with Crippen molar-refractivity contribution in [1.29, 1.82) is 0 Å². The molecule has 0 amide bonds. The summed E-state index contributed by atoms with van der Waals surface area (Å²) in [6.07, 6.45) is 0. The van der Waals surface area contributed by atoms with Gasteiger partial charge in [-0.1, -0.05) is 13.8 Å². The lowest BCUT2D eigenvalue weighted by molar-refractivity contribution is 0.0693. The Kier molecular flexibility index (Phi) is 4.77. The maximum Gasteiger partial charge on any atom is 0.339 e. The molecule has 0 spiro atoms. The molecule has 0 aliphatic carbocycles. The highest BCUT2D eigenvalue weighted by atomic mass is 32.2. The molecule has 6 nitrogen and oxygen atoms in total. The van der Waals surface area contributed by atoms with Gasteiger partial charge in [0.25, 0.3) is 0 Å². The standard InChI is InChI=1S/C13H19NO5S/c1-7(2)9(4)14-20(18,19)12-6-10(13(16)17)11(15)5-8(12)3/h5-7,9,14-15H,1-4H3,(H,16,17). The Hall–Kier alpha value is -1.60. The minimum Gasteiger partial charge on any atom is -0.507 e. The Bertz CT molecular complexity index is 622. The number of hydrogen-bond donors (Lipinski definition) is 3. The van der Waals surface area contributed by atoms with Crippen molar-refractivity contribution in [3.8, 4) is 5.75 Å². The van der Waals surface area contributed by atoms with Crippen LogP contribution in [0, 0.1) is 12.8 Å². The lowest BCUT2D eigenvalue weighted by Crippen LogP contribution is -2.36. The fourth-order valence-electron chi connectivity index (χ4n) is 1.58. The van der Waals surface area contributed by atoms with Crippen LogP contribution in [0.15, 0.2) is 17.0 Å². The van der Waals surface area contributed by atoms with Crippen LogP contribution in [0.4, 0.5) is 0 Å². The van der Waals surface area contributed by atoms with Gasteiger partial charge in [-0.15, -0.1) is 0 Å². The van der Waals surface area contributed by atoms with Gasteiger partial charge < -0.3 is 10.2 Å². The van der Waals surface area contributed by atoms with Gasteiger partial charge in [-0.2, -0.15) is 0 Å². The quantitative estimate of drug-likeness (QED) is 0.768. The highest BCUT2D eigenvalue weighted by Gasteiger charge is 2.24. The van der Waals surface area contributed by atoms with E-state index in [1.807, 2.05) is 13.8 Å². The Morgan fingerprint density at radius 3 is 2.25 bits per heavy atom. The van der Waals surface area contributed by atoms with Crippen molar-refractivity contribution in [2.45, 2.75) is 38.6 Å². The van der Waals surface area contributed by atoms with E-state index in [-0.39, 0.29) is 22.4 Å². The van der Waals surface area contributed by atoms with Crippen LogP contribution in [0.25, 0.3) is 0 Å². The summed E-state index contributed by atoms with van der Waals surface area (Å²) in [7, 11) is -3.83. The highest BCUT2D eigenvalue weighted by Crippen LogP contribution is 2.25. The zero-order valence-corrected chi connectivity index (χ0v) is 12.7. The van der Waals surface area contributed by atoms with Crippen LogP contribution in [-0.4, -0.2) is 30.6 Å². The molecule has 3 N–H and O–H groups in total. The summed E-state index contributed by atoms with van der Waals surface area (Å²) in [5.74, 6) is -1.73. The monoisotopic (exact) mass is 301 g/mol. The lowest BCUT2D eigenvalue weighted by Gasteiger charge is -2.18. The van der Waals surface area contributed by atoms with Crippen molar-refractivity contribution in [2.24, 2.45) is 5.92 Å². The molecule has 112 valence electrons. The Labute approximate surface area is 118 Å². The third-order valence-electron chi connectivity index (χ3n) is 3.15. The molecule has 1 aromatic carbocycles. The molecule has 0 aliphatic heterocycles. The largest absolute Gasteiger partial charge is 0.507 e. The SMILES string of the molecule is Cc1cc(O)c(C(=O)O)cc1S(=O)(=O)NC(C)C(C)C. The number of carboxylic acids is 1. The number of aromatic carboxylic acids is 1. The number of rotatable bonds is 5. The molecule has 0 saturated carbocycles. The summed E-state index contributed by atoms with van der Waals surface area (Å²) in [5, 5.41) is 18.5. The maximum atomic E-state index is 12.3. The van der Waals surface area contributed by atoms with Crippen molar-refractivity contribution in [3.05, 3.63) is 23.3 Å². The second-order valence-electron chi connectivity index (χ2n) is 5.09. The molecule has 1 aromatic rings. The first kappa shape index (κ1) is 16.5. The normalized spacial score (nSPS) is 13.4. The molecule has 1 rings (SSSR count). The topological polar surface area (TPSA) is 104 Å². The minimum absolute atomic E-state index is 0.0983. The Morgan fingerprint density at radius 1 is 1.25 bits per heavy atom. The number of benzene rings is 1. The molecule has 1 unspecified atom stereocenters. The molecule has 0 aliphatic rings. The average molecular weight is 301 g/mol. The van der Waals surface area contributed by atoms with Gasteiger partial charge in [0.05, 0.1) is 4.90 Å². The molecule has 20 heavy (non-hydrogen) atoms. The van der Waals surface area contributed by atoms with Crippen molar-refractivity contribution >= 4 is 16.0 Å². The van der Waals surface area contributed by atoms with Crippen molar-refractivity contribution < 1.29 is 23.4 Å². The second kappa shape index (κ2) is 5.80. The summed E-state index contributed by atoms with van der Waals surface area (Å²) in [5.41, 5.74) is -0.149. The van der Waals surface area contributed by atoms with Gasteiger partial charge >= 0.3 is 5.97 Å². The second-order valence-corrected chi connectivity index (χ2v) is 6.78. The molecule has 0 saturated heterocycles. The van der Waals surface area contributed by atoms with Gasteiger partial charge in [0.1, 0.15) is 11.3 Å². The molecule has 0 bridgehead atoms. The molecule has 0 fully saturated rings. The van der Waals surface area contributed by atoms with E-state index in [1.54, 1.807) is 6.92 Å². The van der Waals surface area contributed by atoms with E-state index in [2.05, 4.69) is 4.72 Å². The number of nitrogens with one attached hydrogen (secondary N) is 1. The number of phenols is 1. The molecule has 0 aromatic heterocycles. The first-order valence-electron chi connectivity index (χ1n) is 6.15. The van der Waals surface area contributed by atoms with Gasteiger partial charge in [-0.25, -0.2) is 17.9 Å². The summed E-state index contributed by atoms with van der Waals surface area (Å²) >= 11 is 0. The van der Waals surface area contributed by atoms with Crippen molar-refractivity contribution in [2.75, 3.05) is 0 Å². The van der Waals surface area contributed by atoms with E-state index in [1.165, 1.54) is 6.92 Å². The number of aryl methyl sites for hydroxylation is 1. The lowest BCUT2D eigenvalue weighted by atomic mass is 10.1. The third kappa shape index (κ3) is 3.49. The van der Waals surface area contributed by atoms with E-state index in [0.29, 0.717) is 0 Å². The summed E-state index contributed by atoms with van der Waals surface area (Å²) in [6, 6.07) is 1.82. The van der Waals surface area contributed by atoms with Crippen LogP contribution in [0.5, 0.6) is 5.75 Å².